The van der Waals surface area contributed by atoms with Crippen LogP contribution < -0.4 is 19.7 Å². The van der Waals surface area contributed by atoms with Crippen molar-refractivity contribution in [1.29, 1.82) is 0 Å². The van der Waals surface area contributed by atoms with Gasteiger partial charge in [-0.05, 0) is 73.4 Å². The lowest BCUT2D eigenvalue weighted by molar-refractivity contribution is -0.122. The highest BCUT2D eigenvalue weighted by molar-refractivity contribution is 6.10. The maximum absolute atomic E-state index is 14.3. The average molecular weight is 539 g/mol. The number of nitrogens with one attached hydrogen (secondary N) is 1. The standard InChI is InChI=1S/C33H31FN2O4/c1-22-8-14-28(23(2)20-22)36(33(38)26-11-15-29-30(21-26)40-19-18-39-29)31(25-9-12-27(34)13-10-25)32(37)35-17-16-24-6-4-3-5-7-24/h3-15,20-21,31H,16-19H2,1-2H3,(H,35,37)/t31-/m0/s1. The minimum atomic E-state index is -1.06. The van der Waals surface area contributed by atoms with E-state index in [1.54, 1.807) is 30.3 Å². The average Bonchev–Trinajstić information content (AvgIpc) is 2.97. The molecule has 1 aliphatic rings. The van der Waals surface area contributed by atoms with Crippen molar-refractivity contribution < 1.29 is 23.5 Å². The SMILES string of the molecule is Cc1ccc(N(C(=O)c2ccc3c(c2)OCCO3)[C@H](C(=O)NCCc2ccccc2)c2ccc(F)cc2)c(C)c1. The van der Waals surface area contributed by atoms with E-state index in [0.717, 1.165) is 16.7 Å². The van der Waals surface area contributed by atoms with Crippen LogP contribution in [0.1, 0.15) is 38.7 Å². The quantitative estimate of drug-likeness (QED) is 0.301. The van der Waals surface area contributed by atoms with Gasteiger partial charge in [-0.3, -0.25) is 14.5 Å². The molecule has 1 atom stereocenters. The third kappa shape index (κ3) is 5.99. The van der Waals surface area contributed by atoms with Crippen molar-refractivity contribution in [2.24, 2.45) is 0 Å². The fraction of sp³-hybridized carbons (Fsp3) is 0.212. The Labute approximate surface area is 233 Å². The van der Waals surface area contributed by atoms with Gasteiger partial charge in [-0.1, -0.05) is 60.2 Å². The zero-order valence-corrected chi connectivity index (χ0v) is 22.5. The smallest absolute Gasteiger partial charge is 0.259 e. The fourth-order valence-electron chi connectivity index (χ4n) is 4.89. The van der Waals surface area contributed by atoms with Crippen LogP contribution in [0.2, 0.25) is 0 Å². The molecule has 0 unspecified atom stereocenters. The summed E-state index contributed by atoms with van der Waals surface area (Å²) in [6.45, 7) is 5.07. The van der Waals surface area contributed by atoms with Gasteiger partial charge in [0.25, 0.3) is 5.91 Å². The number of carbonyl (C=O) groups is 2. The Kier molecular flexibility index (Phi) is 8.10. The highest BCUT2D eigenvalue weighted by atomic mass is 19.1. The molecule has 5 rings (SSSR count). The molecule has 40 heavy (non-hydrogen) atoms. The van der Waals surface area contributed by atoms with Crippen LogP contribution in [0.4, 0.5) is 10.1 Å². The number of aryl methyl sites for hydroxylation is 2. The second-order valence-electron chi connectivity index (χ2n) is 9.80. The summed E-state index contributed by atoms with van der Waals surface area (Å²) in [6.07, 6.45) is 0.627. The Morgan fingerprint density at radius 2 is 1.60 bits per heavy atom. The van der Waals surface area contributed by atoms with E-state index in [4.69, 9.17) is 9.47 Å². The van der Waals surface area contributed by atoms with Crippen molar-refractivity contribution >= 4 is 17.5 Å². The molecule has 4 aromatic carbocycles. The van der Waals surface area contributed by atoms with Crippen LogP contribution in [0, 0.1) is 19.7 Å². The molecule has 1 aliphatic heterocycles. The van der Waals surface area contributed by atoms with Crippen molar-refractivity contribution in [2.45, 2.75) is 26.3 Å². The van der Waals surface area contributed by atoms with Gasteiger partial charge >= 0.3 is 0 Å². The number of amides is 2. The molecule has 2 amide bonds. The summed E-state index contributed by atoms with van der Waals surface area (Å²) in [7, 11) is 0. The molecule has 0 saturated carbocycles. The zero-order valence-electron chi connectivity index (χ0n) is 22.5. The Morgan fingerprint density at radius 3 is 2.33 bits per heavy atom. The number of anilines is 1. The van der Waals surface area contributed by atoms with Gasteiger partial charge in [-0.2, -0.15) is 0 Å². The number of benzene rings is 4. The van der Waals surface area contributed by atoms with Crippen LogP contribution >= 0.6 is 0 Å². The number of carbonyl (C=O) groups excluding carboxylic acids is 2. The van der Waals surface area contributed by atoms with Crippen molar-refractivity contribution in [1.82, 2.24) is 5.32 Å². The summed E-state index contributed by atoms with van der Waals surface area (Å²) in [6, 6.07) is 25.2. The van der Waals surface area contributed by atoms with Crippen LogP contribution in [0.15, 0.2) is 91.0 Å². The molecule has 0 radical (unpaired) electrons. The molecule has 0 aliphatic carbocycles. The second kappa shape index (κ2) is 12.0. The van der Waals surface area contributed by atoms with E-state index in [0.29, 0.717) is 54.5 Å². The first-order valence-corrected chi connectivity index (χ1v) is 13.3. The lowest BCUT2D eigenvalue weighted by Gasteiger charge is -2.33. The van der Waals surface area contributed by atoms with E-state index in [1.165, 1.54) is 17.0 Å². The molecule has 0 bridgehead atoms. The van der Waals surface area contributed by atoms with Gasteiger partial charge in [0.15, 0.2) is 11.5 Å². The Hall–Kier alpha value is -4.65. The number of ether oxygens (including phenoxy) is 2. The van der Waals surface area contributed by atoms with Gasteiger partial charge in [-0.25, -0.2) is 4.39 Å². The van der Waals surface area contributed by atoms with E-state index in [-0.39, 0.29) is 5.91 Å². The number of hydrogen-bond donors (Lipinski definition) is 1. The minimum Gasteiger partial charge on any atom is -0.486 e. The minimum absolute atomic E-state index is 0.341. The Morgan fingerprint density at radius 1 is 0.875 bits per heavy atom. The topological polar surface area (TPSA) is 67.9 Å². The molecule has 0 saturated heterocycles. The highest BCUT2D eigenvalue weighted by Crippen LogP contribution is 2.35. The van der Waals surface area contributed by atoms with E-state index < -0.39 is 17.8 Å². The maximum atomic E-state index is 14.3. The lowest BCUT2D eigenvalue weighted by atomic mass is 9.99. The van der Waals surface area contributed by atoms with Crippen LogP contribution in [-0.4, -0.2) is 31.6 Å². The van der Waals surface area contributed by atoms with Gasteiger partial charge in [0.2, 0.25) is 5.91 Å². The molecule has 204 valence electrons. The van der Waals surface area contributed by atoms with Gasteiger partial charge in [-0.15, -0.1) is 0 Å². The van der Waals surface area contributed by atoms with Crippen molar-refractivity contribution in [2.75, 3.05) is 24.7 Å². The van der Waals surface area contributed by atoms with Crippen LogP contribution in [0.5, 0.6) is 11.5 Å². The number of nitrogens with zero attached hydrogens (tertiary/aromatic N) is 1. The molecule has 0 spiro atoms. The summed E-state index contributed by atoms with van der Waals surface area (Å²) in [5, 5.41) is 3.01. The van der Waals surface area contributed by atoms with Crippen LogP contribution in [0.25, 0.3) is 0 Å². The molecule has 1 heterocycles. The second-order valence-corrected chi connectivity index (χ2v) is 9.80. The Bertz CT molecular complexity index is 1510. The van der Waals surface area contributed by atoms with E-state index >= 15 is 0 Å². The number of fused-ring (bicyclic) bond motifs is 1. The van der Waals surface area contributed by atoms with Gasteiger partial charge in [0, 0.05) is 17.8 Å². The first-order chi connectivity index (χ1) is 19.4. The predicted molar refractivity (Wildman–Crippen MR) is 152 cm³/mol. The predicted octanol–water partition coefficient (Wildman–Crippen LogP) is 5.96. The summed E-state index contributed by atoms with van der Waals surface area (Å²) in [5.41, 5.74) is 4.35. The first-order valence-electron chi connectivity index (χ1n) is 13.3. The van der Waals surface area contributed by atoms with Crippen LogP contribution in [0.3, 0.4) is 0 Å². The summed E-state index contributed by atoms with van der Waals surface area (Å²) < 4.78 is 25.3. The summed E-state index contributed by atoms with van der Waals surface area (Å²) >= 11 is 0. The monoisotopic (exact) mass is 538 g/mol. The Balaban J connectivity index is 1.56. The van der Waals surface area contributed by atoms with Crippen molar-refractivity contribution in [3.05, 3.63) is 125 Å². The molecule has 6 nitrogen and oxygen atoms in total. The number of hydrogen-bond acceptors (Lipinski definition) is 4. The zero-order chi connectivity index (χ0) is 28.1. The molecular formula is C33H31FN2O4. The van der Waals surface area contributed by atoms with Gasteiger partial charge in [0.1, 0.15) is 25.1 Å². The van der Waals surface area contributed by atoms with E-state index in [1.807, 2.05) is 62.4 Å². The lowest BCUT2D eigenvalue weighted by Crippen LogP contribution is -2.45. The van der Waals surface area contributed by atoms with E-state index in [9.17, 15) is 14.0 Å². The number of rotatable bonds is 8. The largest absolute Gasteiger partial charge is 0.486 e. The third-order valence-electron chi connectivity index (χ3n) is 6.87. The summed E-state index contributed by atoms with van der Waals surface area (Å²) in [4.78, 5) is 29.8. The van der Waals surface area contributed by atoms with Crippen molar-refractivity contribution in [3.63, 3.8) is 0 Å². The maximum Gasteiger partial charge on any atom is 0.259 e. The molecule has 4 aromatic rings. The molecular weight excluding hydrogens is 507 g/mol. The van der Waals surface area contributed by atoms with Crippen LogP contribution in [-0.2, 0) is 11.2 Å². The molecule has 1 N–H and O–H groups in total. The fourth-order valence-corrected chi connectivity index (χ4v) is 4.89. The normalized spacial score (nSPS) is 12.9. The summed E-state index contributed by atoms with van der Waals surface area (Å²) in [5.74, 6) is -0.147. The first kappa shape index (κ1) is 26.9. The van der Waals surface area contributed by atoms with E-state index in [2.05, 4.69) is 5.32 Å². The highest BCUT2D eigenvalue weighted by Gasteiger charge is 2.34. The van der Waals surface area contributed by atoms with Gasteiger partial charge in [0.05, 0.1) is 0 Å². The van der Waals surface area contributed by atoms with Crippen molar-refractivity contribution in [3.8, 4) is 11.5 Å². The van der Waals surface area contributed by atoms with Gasteiger partial charge < -0.3 is 14.8 Å². The number of halogens is 1. The molecule has 0 fully saturated rings. The molecule has 7 heteroatoms. The third-order valence-corrected chi connectivity index (χ3v) is 6.87. The molecule has 0 aromatic heterocycles.